The molecule has 0 fully saturated rings. The number of hydrogen-bond acceptors (Lipinski definition) is 3. The minimum absolute atomic E-state index is 0.124. The van der Waals surface area contributed by atoms with E-state index in [1.165, 1.54) is 0 Å². The lowest BCUT2D eigenvalue weighted by Gasteiger charge is -2.19. The summed E-state index contributed by atoms with van der Waals surface area (Å²) < 4.78 is 0. The van der Waals surface area contributed by atoms with Crippen LogP contribution in [0.15, 0.2) is 12.3 Å². The first kappa shape index (κ1) is 6.10. The number of rotatable bonds is 1. The highest BCUT2D eigenvalue weighted by atomic mass is 15.2. The quantitative estimate of drug-likeness (QED) is 0.268. The Morgan fingerprint density at radius 1 is 1.78 bits per heavy atom. The molecule has 0 aromatic heterocycles. The third-order valence-corrected chi connectivity index (χ3v) is 1.13. The van der Waals surface area contributed by atoms with Crippen molar-refractivity contribution < 1.29 is 0 Å². The fraction of sp³-hybridized carbons (Fsp3) is 0.400. The highest BCUT2D eigenvalue weighted by molar-refractivity contribution is 5.82. The van der Waals surface area contributed by atoms with E-state index < -0.39 is 0 Å². The number of nitrogens with one attached hydrogen (secondary N) is 3. The first-order valence-corrected chi connectivity index (χ1v) is 2.79. The largest absolute Gasteiger partial charge is 0.385 e. The van der Waals surface area contributed by atoms with Gasteiger partial charge in [-0.3, -0.25) is 10.7 Å². The summed E-state index contributed by atoms with van der Waals surface area (Å²) in [5.41, 5.74) is 5.19. The molecule has 0 aliphatic carbocycles. The lowest BCUT2D eigenvalue weighted by Crippen LogP contribution is -2.51. The van der Waals surface area contributed by atoms with E-state index in [-0.39, 0.29) is 12.0 Å². The van der Waals surface area contributed by atoms with E-state index in [2.05, 4.69) is 10.6 Å². The van der Waals surface area contributed by atoms with Crippen LogP contribution in [0.3, 0.4) is 0 Å². The van der Waals surface area contributed by atoms with Crippen molar-refractivity contribution in [2.45, 2.75) is 6.17 Å². The zero-order chi connectivity index (χ0) is 6.69. The van der Waals surface area contributed by atoms with E-state index in [9.17, 15) is 0 Å². The molecule has 50 valence electrons. The van der Waals surface area contributed by atoms with Gasteiger partial charge in [0.25, 0.3) is 0 Å². The Hall–Kier alpha value is -1.03. The van der Waals surface area contributed by atoms with Crippen LogP contribution in [-0.4, -0.2) is 18.5 Å². The Morgan fingerprint density at radius 2 is 2.56 bits per heavy atom. The summed E-state index contributed by atoms with van der Waals surface area (Å²) >= 11 is 0. The Labute approximate surface area is 53.6 Å². The maximum absolute atomic E-state index is 7.01. The molecule has 0 amide bonds. The van der Waals surface area contributed by atoms with Gasteiger partial charge in [-0.1, -0.05) is 6.08 Å². The molecule has 1 rings (SSSR count). The lowest BCUT2D eigenvalue weighted by atomic mass is 10.4. The number of nitrogens with two attached hydrogens (primary N) is 1. The molecule has 0 aromatic rings. The van der Waals surface area contributed by atoms with Crippen LogP contribution >= 0.6 is 0 Å². The Bertz CT molecular complexity index is 140. The second-order valence-corrected chi connectivity index (χ2v) is 1.87. The predicted octanol–water partition coefficient (Wildman–Crippen LogP) is -1.05. The van der Waals surface area contributed by atoms with Crippen LogP contribution in [0.1, 0.15) is 0 Å². The lowest BCUT2D eigenvalue weighted by molar-refractivity contribution is 0.582. The van der Waals surface area contributed by atoms with Crippen molar-refractivity contribution in [3.05, 3.63) is 12.3 Å². The van der Waals surface area contributed by atoms with Gasteiger partial charge < -0.3 is 11.1 Å². The SMILES string of the molecule is N=C(N)C1NC=CCN1. The van der Waals surface area contributed by atoms with Crippen LogP contribution in [0, 0.1) is 5.41 Å². The van der Waals surface area contributed by atoms with Crippen molar-refractivity contribution in [3.63, 3.8) is 0 Å². The summed E-state index contributed by atoms with van der Waals surface area (Å²) in [6.07, 6.45) is 3.55. The fourth-order valence-electron chi connectivity index (χ4n) is 0.668. The topological polar surface area (TPSA) is 73.9 Å². The molecule has 1 aliphatic rings. The molecule has 0 bridgehead atoms. The van der Waals surface area contributed by atoms with Crippen molar-refractivity contribution >= 4 is 5.84 Å². The van der Waals surface area contributed by atoms with Crippen LogP contribution in [-0.2, 0) is 0 Å². The summed E-state index contributed by atoms with van der Waals surface area (Å²) in [5.74, 6) is 0.124. The van der Waals surface area contributed by atoms with Crippen LogP contribution < -0.4 is 16.4 Å². The summed E-state index contributed by atoms with van der Waals surface area (Å²) in [5, 5.41) is 12.9. The summed E-state index contributed by atoms with van der Waals surface area (Å²) in [7, 11) is 0. The van der Waals surface area contributed by atoms with Crippen molar-refractivity contribution in [2.24, 2.45) is 5.73 Å². The predicted molar refractivity (Wildman–Crippen MR) is 36.0 cm³/mol. The molecule has 0 radical (unpaired) electrons. The van der Waals surface area contributed by atoms with Gasteiger partial charge >= 0.3 is 0 Å². The van der Waals surface area contributed by atoms with Gasteiger partial charge in [-0.05, 0) is 6.20 Å². The molecule has 1 unspecified atom stereocenters. The van der Waals surface area contributed by atoms with Crippen molar-refractivity contribution in [3.8, 4) is 0 Å². The zero-order valence-corrected chi connectivity index (χ0v) is 5.02. The average Bonchev–Trinajstić information content (AvgIpc) is 1.90. The Balaban J connectivity index is 2.44. The van der Waals surface area contributed by atoms with Crippen LogP contribution in [0.2, 0.25) is 0 Å². The molecule has 9 heavy (non-hydrogen) atoms. The molecule has 0 aromatic carbocycles. The zero-order valence-electron chi connectivity index (χ0n) is 5.02. The summed E-state index contributed by atoms with van der Waals surface area (Å²) in [6, 6.07) is 0. The molecule has 1 heterocycles. The van der Waals surface area contributed by atoms with Crippen LogP contribution in [0.4, 0.5) is 0 Å². The standard InChI is InChI=1S/C5H10N4/c6-4(7)5-8-2-1-3-9-5/h1-2,5,8-9H,3H2,(H3,6,7). The second-order valence-electron chi connectivity index (χ2n) is 1.87. The maximum Gasteiger partial charge on any atom is 0.135 e. The summed E-state index contributed by atoms with van der Waals surface area (Å²) in [6.45, 7) is 0.775. The van der Waals surface area contributed by atoms with E-state index in [0.717, 1.165) is 6.54 Å². The fourth-order valence-corrected chi connectivity index (χ4v) is 0.668. The monoisotopic (exact) mass is 126 g/mol. The minimum atomic E-state index is -0.171. The van der Waals surface area contributed by atoms with Gasteiger partial charge in [-0.25, -0.2) is 0 Å². The molecular formula is C5H10N4. The molecule has 5 N–H and O–H groups in total. The third kappa shape index (κ3) is 1.43. The van der Waals surface area contributed by atoms with E-state index in [1.807, 2.05) is 6.08 Å². The first-order valence-electron chi connectivity index (χ1n) is 2.79. The average molecular weight is 126 g/mol. The summed E-state index contributed by atoms with van der Waals surface area (Å²) in [4.78, 5) is 0. The van der Waals surface area contributed by atoms with Gasteiger partial charge in [-0.2, -0.15) is 0 Å². The van der Waals surface area contributed by atoms with Gasteiger partial charge in [0.1, 0.15) is 12.0 Å². The normalized spacial score (nSPS) is 25.1. The van der Waals surface area contributed by atoms with E-state index >= 15 is 0 Å². The molecule has 0 saturated heterocycles. The van der Waals surface area contributed by atoms with Crippen molar-refractivity contribution in [1.82, 2.24) is 10.6 Å². The van der Waals surface area contributed by atoms with E-state index in [4.69, 9.17) is 11.1 Å². The van der Waals surface area contributed by atoms with E-state index in [1.54, 1.807) is 6.20 Å². The van der Waals surface area contributed by atoms with Gasteiger partial charge in [0, 0.05) is 6.54 Å². The third-order valence-electron chi connectivity index (χ3n) is 1.13. The van der Waals surface area contributed by atoms with Gasteiger partial charge in [-0.15, -0.1) is 0 Å². The molecule has 4 heteroatoms. The number of hydrogen-bond donors (Lipinski definition) is 4. The Morgan fingerprint density at radius 3 is 2.89 bits per heavy atom. The highest BCUT2D eigenvalue weighted by Gasteiger charge is 2.08. The molecule has 1 aliphatic heterocycles. The first-order chi connectivity index (χ1) is 4.30. The second kappa shape index (κ2) is 2.50. The van der Waals surface area contributed by atoms with Crippen LogP contribution in [0.25, 0.3) is 0 Å². The van der Waals surface area contributed by atoms with Crippen molar-refractivity contribution in [2.75, 3.05) is 6.54 Å². The highest BCUT2D eigenvalue weighted by Crippen LogP contribution is 1.82. The van der Waals surface area contributed by atoms with Gasteiger partial charge in [0.15, 0.2) is 0 Å². The maximum atomic E-state index is 7.01. The molecule has 1 atom stereocenters. The molecule has 0 saturated carbocycles. The number of amidine groups is 1. The Kier molecular flexibility index (Phi) is 1.69. The minimum Gasteiger partial charge on any atom is -0.385 e. The van der Waals surface area contributed by atoms with Gasteiger partial charge in [0.05, 0.1) is 0 Å². The van der Waals surface area contributed by atoms with Crippen molar-refractivity contribution in [1.29, 1.82) is 5.41 Å². The molecule has 4 nitrogen and oxygen atoms in total. The smallest absolute Gasteiger partial charge is 0.135 e. The van der Waals surface area contributed by atoms with Crippen LogP contribution in [0.5, 0.6) is 0 Å². The molecular weight excluding hydrogens is 116 g/mol. The van der Waals surface area contributed by atoms with E-state index in [0.29, 0.717) is 0 Å². The molecule has 0 spiro atoms. The van der Waals surface area contributed by atoms with Gasteiger partial charge in [0.2, 0.25) is 0 Å².